The van der Waals surface area contributed by atoms with Crippen molar-refractivity contribution in [1.29, 1.82) is 0 Å². The first kappa shape index (κ1) is 16.8. The Kier molecular flexibility index (Phi) is 5.97. The van der Waals surface area contributed by atoms with Gasteiger partial charge >= 0.3 is 6.03 Å². The molecule has 1 aromatic heterocycles. The van der Waals surface area contributed by atoms with E-state index in [0.717, 1.165) is 11.1 Å². The van der Waals surface area contributed by atoms with E-state index < -0.39 is 0 Å². The fourth-order valence-corrected chi connectivity index (χ4v) is 2.38. The maximum Gasteiger partial charge on any atom is 0.317 e. The number of amides is 2. The monoisotopic (exact) mass is 313 g/mol. The third kappa shape index (κ3) is 4.71. The topological polar surface area (TPSA) is 54.5 Å². The largest absolute Gasteiger partial charge is 0.481 e. The zero-order valence-corrected chi connectivity index (χ0v) is 13.9. The number of urea groups is 1. The summed E-state index contributed by atoms with van der Waals surface area (Å²) in [5, 5.41) is 2.93. The van der Waals surface area contributed by atoms with Gasteiger partial charge in [0.05, 0.1) is 7.11 Å². The van der Waals surface area contributed by atoms with Gasteiger partial charge in [0.25, 0.3) is 0 Å². The van der Waals surface area contributed by atoms with E-state index in [4.69, 9.17) is 4.74 Å². The van der Waals surface area contributed by atoms with Crippen LogP contribution in [0.5, 0.6) is 5.88 Å². The van der Waals surface area contributed by atoms with E-state index in [1.807, 2.05) is 31.2 Å². The number of nitrogens with zero attached hydrogens (tertiary/aromatic N) is 2. The number of aryl methyl sites for hydroxylation is 1. The molecule has 0 aliphatic heterocycles. The first-order chi connectivity index (χ1) is 11.1. The average Bonchev–Trinajstić information content (AvgIpc) is 2.57. The molecule has 2 amide bonds. The lowest BCUT2D eigenvalue weighted by Crippen LogP contribution is -2.39. The highest BCUT2D eigenvalue weighted by atomic mass is 16.5. The van der Waals surface area contributed by atoms with E-state index in [1.54, 1.807) is 18.2 Å². The number of carbonyl (C=O) groups excluding carboxylic acids is 1. The van der Waals surface area contributed by atoms with E-state index in [1.165, 1.54) is 5.56 Å². The Morgan fingerprint density at radius 2 is 2.13 bits per heavy atom. The van der Waals surface area contributed by atoms with Crippen LogP contribution in [-0.2, 0) is 13.1 Å². The van der Waals surface area contributed by atoms with Crippen molar-refractivity contribution >= 4 is 6.03 Å². The van der Waals surface area contributed by atoms with Crippen LogP contribution in [0, 0.1) is 6.92 Å². The molecule has 2 rings (SSSR count). The van der Waals surface area contributed by atoms with Gasteiger partial charge in [-0.05, 0) is 25.5 Å². The Bertz CT molecular complexity index is 658. The molecule has 0 bridgehead atoms. The van der Waals surface area contributed by atoms with Crippen molar-refractivity contribution < 1.29 is 9.53 Å². The van der Waals surface area contributed by atoms with Gasteiger partial charge in [0, 0.05) is 31.4 Å². The van der Waals surface area contributed by atoms with Crippen LogP contribution >= 0.6 is 0 Å². The lowest BCUT2D eigenvalue weighted by atomic mass is 10.1. The Hall–Kier alpha value is -2.56. The summed E-state index contributed by atoms with van der Waals surface area (Å²) in [5.41, 5.74) is 3.18. The molecule has 5 nitrogen and oxygen atoms in total. The second-order valence-electron chi connectivity index (χ2n) is 5.33. The van der Waals surface area contributed by atoms with Crippen LogP contribution in [0.15, 0.2) is 42.6 Å². The lowest BCUT2D eigenvalue weighted by molar-refractivity contribution is 0.197. The van der Waals surface area contributed by atoms with Crippen molar-refractivity contribution in [1.82, 2.24) is 15.2 Å². The number of hydrogen-bond donors (Lipinski definition) is 1. The van der Waals surface area contributed by atoms with E-state index >= 15 is 0 Å². The standard InChI is InChI=1S/C18H23N3O2/c1-4-21(13-15-8-5-7-14(2)11-15)18(22)20-12-16-9-6-10-19-17(16)23-3/h5-11H,4,12-13H2,1-3H3,(H,20,22). The molecule has 5 heteroatoms. The molecular formula is C18H23N3O2. The number of nitrogens with one attached hydrogen (secondary N) is 1. The predicted molar refractivity (Wildman–Crippen MR) is 90.3 cm³/mol. The van der Waals surface area contributed by atoms with Crippen LogP contribution in [0.4, 0.5) is 4.79 Å². The van der Waals surface area contributed by atoms with E-state index in [-0.39, 0.29) is 6.03 Å². The molecule has 0 saturated heterocycles. The maximum atomic E-state index is 12.4. The number of hydrogen-bond acceptors (Lipinski definition) is 3. The molecule has 0 aliphatic rings. The van der Waals surface area contributed by atoms with Gasteiger partial charge < -0.3 is 15.0 Å². The quantitative estimate of drug-likeness (QED) is 0.891. The van der Waals surface area contributed by atoms with Gasteiger partial charge in [-0.2, -0.15) is 0 Å². The third-order valence-corrected chi connectivity index (χ3v) is 3.60. The molecular weight excluding hydrogens is 290 g/mol. The van der Waals surface area contributed by atoms with Crippen molar-refractivity contribution in [3.8, 4) is 5.88 Å². The minimum Gasteiger partial charge on any atom is -0.481 e. The van der Waals surface area contributed by atoms with Crippen molar-refractivity contribution in [3.05, 3.63) is 59.3 Å². The summed E-state index contributed by atoms with van der Waals surface area (Å²) in [4.78, 5) is 18.3. The molecule has 0 aliphatic carbocycles. The smallest absolute Gasteiger partial charge is 0.317 e. The van der Waals surface area contributed by atoms with Gasteiger partial charge in [0.2, 0.25) is 5.88 Å². The predicted octanol–water partition coefficient (Wildman–Crippen LogP) is 3.13. The highest BCUT2D eigenvalue weighted by Gasteiger charge is 2.13. The molecule has 1 N–H and O–H groups in total. The minimum atomic E-state index is -0.0973. The second-order valence-corrected chi connectivity index (χ2v) is 5.33. The first-order valence-electron chi connectivity index (χ1n) is 7.70. The van der Waals surface area contributed by atoms with E-state index in [9.17, 15) is 4.79 Å². The second kappa shape index (κ2) is 8.17. The number of pyridine rings is 1. The number of methoxy groups -OCH3 is 1. The SMILES string of the molecule is CCN(Cc1cccc(C)c1)C(=O)NCc1cccnc1OC. The molecule has 0 atom stereocenters. The number of rotatable bonds is 6. The molecule has 0 radical (unpaired) electrons. The summed E-state index contributed by atoms with van der Waals surface area (Å²) in [7, 11) is 1.57. The maximum absolute atomic E-state index is 12.4. The van der Waals surface area contributed by atoms with Crippen LogP contribution < -0.4 is 10.1 Å². The Morgan fingerprint density at radius 1 is 1.30 bits per heavy atom. The molecule has 0 spiro atoms. The number of ether oxygens (including phenoxy) is 1. The normalized spacial score (nSPS) is 10.2. The van der Waals surface area contributed by atoms with Crippen molar-refractivity contribution in [2.75, 3.05) is 13.7 Å². The molecule has 2 aromatic rings. The molecule has 122 valence electrons. The molecule has 0 unspecified atom stereocenters. The Morgan fingerprint density at radius 3 is 2.83 bits per heavy atom. The fourth-order valence-electron chi connectivity index (χ4n) is 2.38. The van der Waals surface area contributed by atoms with E-state index in [0.29, 0.717) is 25.5 Å². The molecule has 23 heavy (non-hydrogen) atoms. The molecule has 0 fully saturated rings. The van der Waals surface area contributed by atoms with Crippen LogP contribution in [0.1, 0.15) is 23.6 Å². The van der Waals surface area contributed by atoms with Crippen LogP contribution in [0.25, 0.3) is 0 Å². The molecule has 0 saturated carbocycles. The zero-order chi connectivity index (χ0) is 16.7. The van der Waals surface area contributed by atoms with Crippen molar-refractivity contribution in [3.63, 3.8) is 0 Å². The lowest BCUT2D eigenvalue weighted by Gasteiger charge is -2.22. The summed E-state index contributed by atoms with van der Waals surface area (Å²) in [6, 6.07) is 11.8. The van der Waals surface area contributed by atoms with Gasteiger partial charge in [-0.15, -0.1) is 0 Å². The van der Waals surface area contributed by atoms with Crippen LogP contribution in [0.3, 0.4) is 0 Å². The molecule has 1 heterocycles. The van der Waals surface area contributed by atoms with Gasteiger partial charge in [-0.3, -0.25) is 0 Å². The summed E-state index contributed by atoms with van der Waals surface area (Å²) >= 11 is 0. The summed E-state index contributed by atoms with van der Waals surface area (Å²) in [5.74, 6) is 0.537. The Labute approximate surface area is 137 Å². The highest BCUT2D eigenvalue weighted by molar-refractivity contribution is 5.74. The van der Waals surface area contributed by atoms with Gasteiger partial charge in [0.1, 0.15) is 0 Å². The van der Waals surface area contributed by atoms with Crippen molar-refractivity contribution in [2.24, 2.45) is 0 Å². The van der Waals surface area contributed by atoms with Crippen LogP contribution in [-0.4, -0.2) is 29.6 Å². The Balaban J connectivity index is 1.97. The van der Waals surface area contributed by atoms with Crippen LogP contribution in [0.2, 0.25) is 0 Å². The zero-order valence-electron chi connectivity index (χ0n) is 13.9. The first-order valence-corrected chi connectivity index (χ1v) is 7.70. The van der Waals surface area contributed by atoms with Crippen molar-refractivity contribution in [2.45, 2.75) is 26.9 Å². The number of carbonyl (C=O) groups is 1. The summed E-state index contributed by atoms with van der Waals surface area (Å²) < 4.78 is 5.20. The third-order valence-electron chi connectivity index (χ3n) is 3.60. The number of aromatic nitrogens is 1. The summed E-state index contributed by atoms with van der Waals surface area (Å²) in [6.07, 6.45) is 1.67. The molecule has 1 aromatic carbocycles. The van der Waals surface area contributed by atoms with Gasteiger partial charge in [-0.1, -0.05) is 35.9 Å². The van der Waals surface area contributed by atoms with Gasteiger partial charge in [0.15, 0.2) is 0 Å². The number of benzene rings is 1. The minimum absolute atomic E-state index is 0.0973. The summed E-state index contributed by atoms with van der Waals surface area (Å²) in [6.45, 7) is 5.65. The average molecular weight is 313 g/mol. The van der Waals surface area contributed by atoms with Gasteiger partial charge in [-0.25, -0.2) is 9.78 Å². The van der Waals surface area contributed by atoms with E-state index in [2.05, 4.69) is 29.4 Å². The highest BCUT2D eigenvalue weighted by Crippen LogP contribution is 2.13. The fraction of sp³-hybridized carbons (Fsp3) is 0.333.